The number of nitrogens with zero attached hydrogens (tertiary/aromatic N) is 1. The highest BCUT2D eigenvalue weighted by Crippen LogP contribution is 2.26. The van der Waals surface area contributed by atoms with Crippen LogP contribution < -0.4 is 5.32 Å². The molecule has 0 heterocycles. The molecule has 0 fully saturated rings. The van der Waals surface area contributed by atoms with E-state index in [1.807, 2.05) is 27.7 Å². The van der Waals surface area contributed by atoms with Crippen molar-refractivity contribution in [3.05, 3.63) is 23.3 Å². The minimum absolute atomic E-state index is 0.125. The van der Waals surface area contributed by atoms with Gasteiger partial charge in [-0.1, -0.05) is 27.7 Å². The Bertz CT molecular complexity index is 648. The minimum atomic E-state index is -3.54. The molecule has 1 amide bonds. The SMILES string of the molecule is CCN(CC)S(=O)(=O)c1cc(C)c(C)c(NC(=O)C(C)C)c1. The lowest BCUT2D eigenvalue weighted by molar-refractivity contribution is -0.118. The summed E-state index contributed by atoms with van der Waals surface area (Å²) in [4.78, 5) is 12.1. The molecule has 22 heavy (non-hydrogen) atoms. The van der Waals surface area contributed by atoms with Crippen LogP contribution in [0.1, 0.15) is 38.8 Å². The van der Waals surface area contributed by atoms with Crippen molar-refractivity contribution in [2.45, 2.75) is 46.4 Å². The predicted octanol–water partition coefficient (Wildman–Crippen LogP) is 2.93. The van der Waals surface area contributed by atoms with Crippen LogP contribution in [0, 0.1) is 19.8 Å². The van der Waals surface area contributed by atoms with Crippen LogP contribution in [0.4, 0.5) is 5.69 Å². The number of hydrogen-bond acceptors (Lipinski definition) is 3. The molecule has 1 aromatic rings. The number of aryl methyl sites for hydroxylation is 1. The molecule has 0 atom stereocenters. The maximum Gasteiger partial charge on any atom is 0.243 e. The highest BCUT2D eigenvalue weighted by atomic mass is 32.2. The summed E-state index contributed by atoms with van der Waals surface area (Å²) < 4.78 is 26.7. The molecule has 1 N–H and O–H groups in total. The lowest BCUT2D eigenvalue weighted by Gasteiger charge is -2.20. The van der Waals surface area contributed by atoms with E-state index in [1.165, 1.54) is 4.31 Å². The molecule has 0 spiro atoms. The van der Waals surface area contributed by atoms with E-state index in [0.29, 0.717) is 18.8 Å². The number of benzene rings is 1. The van der Waals surface area contributed by atoms with Gasteiger partial charge in [-0.3, -0.25) is 4.79 Å². The van der Waals surface area contributed by atoms with Crippen molar-refractivity contribution in [1.29, 1.82) is 0 Å². The van der Waals surface area contributed by atoms with Gasteiger partial charge in [0.15, 0.2) is 0 Å². The van der Waals surface area contributed by atoms with E-state index in [1.54, 1.807) is 26.0 Å². The minimum Gasteiger partial charge on any atom is -0.326 e. The van der Waals surface area contributed by atoms with Gasteiger partial charge in [0.2, 0.25) is 15.9 Å². The van der Waals surface area contributed by atoms with Gasteiger partial charge in [-0.15, -0.1) is 0 Å². The quantitative estimate of drug-likeness (QED) is 0.874. The molecular formula is C16H26N2O3S. The maximum absolute atomic E-state index is 12.6. The van der Waals surface area contributed by atoms with Gasteiger partial charge in [0.25, 0.3) is 0 Å². The van der Waals surface area contributed by atoms with Gasteiger partial charge in [-0.25, -0.2) is 8.42 Å². The standard InChI is InChI=1S/C16H26N2O3S/c1-7-18(8-2)22(20,21)14-9-12(5)13(6)15(10-14)17-16(19)11(3)4/h9-11H,7-8H2,1-6H3,(H,17,19). The number of sulfonamides is 1. The number of nitrogens with one attached hydrogen (secondary N) is 1. The number of carbonyl (C=O) groups excluding carboxylic acids is 1. The second-order valence-corrected chi connectivity index (χ2v) is 7.58. The first-order chi connectivity index (χ1) is 10.1. The van der Waals surface area contributed by atoms with Crippen LogP contribution >= 0.6 is 0 Å². The molecule has 6 heteroatoms. The highest BCUT2D eigenvalue weighted by molar-refractivity contribution is 7.89. The molecule has 0 aliphatic heterocycles. The van der Waals surface area contributed by atoms with E-state index in [2.05, 4.69) is 5.32 Å². The normalized spacial score (nSPS) is 12.0. The molecular weight excluding hydrogens is 300 g/mol. The van der Waals surface area contributed by atoms with Gasteiger partial charge >= 0.3 is 0 Å². The summed E-state index contributed by atoms with van der Waals surface area (Å²) in [6.45, 7) is 11.8. The fraction of sp³-hybridized carbons (Fsp3) is 0.562. The molecule has 0 bridgehead atoms. The topological polar surface area (TPSA) is 66.5 Å². The Kier molecular flexibility index (Phi) is 6.14. The van der Waals surface area contributed by atoms with Crippen LogP contribution in [0.15, 0.2) is 17.0 Å². The zero-order chi connectivity index (χ0) is 17.1. The molecule has 0 radical (unpaired) electrons. The summed E-state index contributed by atoms with van der Waals surface area (Å²) in [6.07, 6.45) is 0. The molecule has 5 nitrogen and oxygen atoms in total. The van der Waals surface area contributed by atoms with Gasteiger partial charge < -0.3 is 5.32 Å². The Balaban J connectivity index is 3.35. The molecule has 0 aromatic heterocycles. The summed E-state index contributed by atoms with van der Waals surface area (Å²) in [5.41, 5.74) is 2.28. The molecule has 0 saturated carbocycles. The Labute approximate surface area is 133 Å². The van der Waals surface area contributed by atoms with Crippen LogP contribution in [-0.4, -0.2) is 31.7 Å². The molecule has 0 aliphatic rings. The summed E-state index contributed by atoms with van der Waals surface area (Å²) in [5.74, 6) is -0.289. The Morgan fingerprint density at radius 2 is 1.73 bits per heavy atom. The first-order valence-corrected chi connectivity index (χ1v) is 9.01. The Morgan fingerprint density at radius 1 is 1.18 bits per heavy atom. The monoisotopic (exact) mass is 326 g/mol. The van der Waals surface area contributed by atoms with Crippen molar-refractivity contribution < 1.29 is 13.2 Å². The number of carbonyl (C=O) groups is 1. The fourth-order valence-corrected chi connectivity index (χ4v) is 3.67. The number of rotatable bonds is 6. The van der Waals surface area contributed by atoms with Crippen molar-refractivity contribution in [3.8, 4) is 0 Å². The van der Waals surface area contributed by atoms with Crippen molar-refractivity contribution in [2.24, 2.45) is 5.92 Å². The van der Waals surface area contributed by atoms with Gasteiger partial charge in [0.05, 0.1) is 4.90 Å². The van der Waals surface area contributed by atoms with E-state index in [4.69, 9.17) is 0 Å². The third-order valence-electron chi connectivity index (χ3n) is 3.77. The summed E-state index contributed by atoms with van der Waals surface area (Å²) in [5, 5.41) is 2.82. The lowest BCUT2D eigenvalue weighted by atomic mass is 10.1. The second-order valence-electron chi connectivity index (χ2n) is 5.65. The summed E-state index contributed by atoms with van der Waals surface area (Å²) in [6, 6.07) is 3.21. The molecule has 1 rings (SSSR count). The van der Waals surface area contributed by atoms with Crippen LogP contribution in [0.25, 0.3) is 0 Å². The van der Waals surface area contributed by atoms with Crippen molar-refractivity contribution >= 4 is 21.6 Å². The van der Waals surface area contributed by atoms with Crippen molar-refractivity contribution in [3.63, 3.8) is 0 Å². The van der Waals surface area contributed by atoms with E-state index < -0.39 is 10.0 Å². The van der Waals surface area contributed by atoms with Crippen LogP contribution in [0.5, 0.6) is 0 Å². The van der Waals surface area contributed by atoms with E-state index >= 15 is 0 Å². The average Bonchev–Trinajstić information content (AvgIpc) is 2.44. The van der Waals surface area contributed by atoms with Gasteiger partial charge in [-0.2, -0.15) is 4.31 Å². The second kappa shape index (κ2) is 7.24. The fourth-order valence-electron chi connectivity index (χ4n) is 2.09. The van der Waals surface area contributed by atoms with E-state index in [0.717, 1.165) is 11.1 Å². The predicted molar refractivity (Wildman–Crippen MR) is 89.5 cm³/mol. The van der Waals surface area contributed by atoms with Crippen LogP contribution in [0.3, 0.4) is 0 Å². The number of hydrogen-bond donors (Lipinski definition) is 1. The number of amides is 1. The molecule has 1 aromatic carbocycles. The average molecular weight is 326 g/mol. The van der Waals surface area contributed by atoms with Gasteiger partial charge in [0.1, 0.15) is 0 Å². The third-order valence-corrected chi connectivity index (χ3v) is 5.79. The van der Waals surface area contributed by atoms with E-state index in [9.17, 15) is 13.2 Å². The third kappa shape index (κ3) is 3.87. The largest absolute Gasteiger partial charge is 0.326 e. The maximum atomic E-state index is 12.6. The van der Waals surface area contributed by atoms with Crippen molar-refractivity contribution in [2.75, 3.05) is 18.4 Å². The Morgan fingerprint density at radius 3 is 2.18 bits per heavy atom. The zero-order valence-electron chi connectivity index (χ0n) is 14.2. The van der Waals surface area contributed by atoms with Crippen molar-refractivity contribution in [1.82, 2.24) is 4.31 Å². The highest BCUT2D eigenvalue weighted by Gasteiger charge is 2.23. The van der Waals surface area contributed by atoms with E-state index in [-0.39, 0.29) is 16.7 Å². The van der Waals surface area contributed by atoms with Gasteiger partial charge in [-0.05, 0) is 37.1 Å². The number of anilines is 1. The summed E-state index contributed by atoms with van der Waals surface area (Å²) in [7, 11) is -3.54. The zero-order valence-corrected chi connectivity index (χ0v) is 15.0. The summed E-state index contributed by atoms with van der Waals surface area (Å²) >= 11 is 0. The lowest BCUT2D eigenvalue weighted by Crippen LogP contribution is -2.31. The molecule has 0 aliphatic carbocycles. The van der Waals surface area contributed by atoms with Crippen LogP contribution in [0.2, 0.25) is 0 Å². The molecule has 0 unspecified atom stereocenters. The molecule has 0 saturated heterocycles. The Hall–Kier alpha value is -1.40. The van der Waals surface area contributed by atoms with Gasteiger partial charge in [0, 0.05) is 24.7 Å². The molecule has 124 valence electrons. The smallest absolute Gasteiger partial charge is 0.243 e. The first kappa shape index (κ1) is 18.6. The van der Waals surface area contributed by atoms with Crippen LogP contribution in [-0.2, 0) is 14.8 Å². The first-order valence-electron chi connectivity index (χ1n) is 7.57.